The van der Waals surface area contributed by atoms with Gasteiger partial charge in [0.15, 0.2) is 0 Å². The lowest BCUT2D eigenvalue weighted by Crippen LogP contribution is -2.31. The van der Waals surface area contributed by atoms with E-state index in [0.29, 0.717) is 0 Å². The van der Waals surface area contributed by atoms with E-state index in [1.54, 1.807) is 6.42 Å². The van der Waals surface area contributed by atoms with Crippen LogP contribution in [0.15, 0.2) is 0 Å². The summed E-state index contributed by atoms with van der Waals surface area (Å²) in [6, 6.07) is 0.869. The number of rotatable bonds is 2. The fourth-order valence-corrected chi connectivity index (χ4v) is 2.33. The second-order valence-corrected chi connectivity index (χ2v) is 3.82. The Morgan fingerprint density at radius 3 is 2.80 bits per heavy atom. The van der Waals surface area contributed by atoms with E-state index in [-0.39, 0.29) is 0 Å². The average Bonchev–Trinajstić information content (AvgIpc) is 2.66. The molecule has 0 radical (unpaired) electrons. The Morgan fingerprint density at radius 1 is 1.20 bits per heavy atom. The van der Waals surface area contributed by atoms with E-state index in [9.17, 15) is 0 Å². The van der Waals surface area contributed by atoms with Crippen molar-refractivity contribution in [3.05, 3.63) is 0 Å². The molecule has 1 nitrogen and oxygen atoms in total. The van der Waals surface area contributed by atoms with Crippen molar-refractivity contribution in [1.82, 2.24) is 5.32 Å². The van der Waals surface area contributed by atoms with E-state index in [2.05, 4.69) is 12.2 Å². The molecule has 0 amide bonds. The van der Waals surface area contributed by atoms with Crippen LogP contribution < -0.4 is 5.32 Å². The van der Waals surface area contributed by atoms with Gasteiger partial charge in [0.2, 0.25) is 0 Å². The highest BCUT2D eigenvalue weighted by molar-refractivity contribution is 4.94. The van der Waals surface area contributed by atoms with Gasteiger partial charge in [0.05, 0.1) is 0 Å². The molecule has 0 bridgehead atoms. The van der Waals surface area contributed by atoms with Gasteiger partial charge < -0.3 is 5.32 Å². The zero-order valence-electron chi connectivity index (χ0n) is 6.77. The largest absolute Gasteiger partial charge is 0.314 e. The summed E-state index contributed by atoms with van der Waals surface area (Å²) in [6.45, 7) is 3.36. The molecule has 1 heteroatoms. The molecule has 0 aliphatic heterocycles. The molecule has 3 atom stereocenters. The standard InChI is InChI=1S/C9H17N/c1-2-10-9-4-3-7-5-8(7)6-9/h7-10H,2-6H2,1H3. The number of hydrogen-bond acceptors (Lipinski definition) is 1. The minimum absolute atomic E-state index is 0.869. The second kappa shape index (κ2) is 2.54. The van der Waals surface area contributed by atoms with Gasteiger partial charge in [-0.15, -0.1) is 0 Å². The Balaban J connectivity index is 1.77. The van der Waals surface area contributed by atoms with Crippen molar-refractivity contribution in [1.29, 1.82) is 0 Å². The van der Waals surface area contributed by atoms with Crippen LogP contribution in [0.25, 0.3) is 0 Å². The third kappa shape index (κ3) is 1.20. The third-order valence-electron chi connectivity index (χ3n) is 3.04. The quantitative estimate of drug-likeness (QED) is 0.615. The monoisotopic (exact) mass is 139 g/mol. The molecule has 2 aliphatic rings. The van der Waals surface area contributed by atoms with Gasteiger partial charge >= 0.3 is 0 Å². The molecule has 2 saturated carbocycles. The lowest BCUT2D eigenvalue weighted by Gasteiger charge is -2.21. The summed E-state index contributed by atoms with van der Waals surface area (Å²) in [4.78, 5) is 0. The predicted molar refractivity (Wildman–Crippen MR) is 42.9 cm³/mol. The molecule has 2 aliphatic carbocycles. The summed E-state index contributed by atoms with van der Waals surface area (Å²) in [5, 5.41) is 3.54. The van der Waals surface area contributed by atoms with Gasteiger partial charge in [-0.25, -0.2) is 0 Å². The van der Waals surface area contributed by atoms with Gasteiger partial charge in [-0.1, -0.05) is 6.92 Å². The lowest BCUT2D eigenvalue weighted by atomic mass is 9.96. The Kier molecular flexibility index (Phi) is 1.69. The van der Waals surface area contributed by atoms with Crippen molar-refractivity contribution >= 4 is 0 Å². The van der Waals surface area contributed by atoms with Crippen molar-refractivity contribution in [2.75, 3.05) is 6.54 Å². The fourth-order valence-electron chi connectivity index (χ4n) is 2.33. The van der Waals surface area contributed by atoms with Crippen molar-refractivity contribution in [2.24, 2.45) is 11.8 Å². The minimum Gasteiger partial charge on any atom is -0.314 e. The smallest absolute Gasteiger partial charge is 0.00697 e. The molecule has 58 valence electrons. The molecular formula is C9H17N. The number of nitrogens with one attached hydrogen (secondary N) is 1. The minimum atomic E-state index is 0.869. The van der Waals surface area contributed by atoms with E-state index in [1.807, 2.05) is 0 Å². The molecule has 0 aromatic carbocycles. The molecule has 2 fully saturated rings. The average molecular weight is 139 g/mol. The Labute approximate surface area is 63.2 Å². The predicted octanol–water partition coefficient (Wildman–Crippen LogP) is 1.78. The normalized spacial score (nSPS) is 44.7. The SMILES string of the molecule is CCNC1CCC2CC2C1. The topological polar surface area (TPSA) is 12.0 Å². The molecule has 0 aromatic rings. The van der Waals surface area contributed by atoms with E-state index in [0.717, 1.165) is 24.4 Å². The lowest BCUT2D eigenvalue weighted by molar-refractivity contribution is 0.366. The summed E-state index contributed by atoms with van der Waals surface area (Å²) >= 11 is 0. The first-order valence-corrected chi connectivity index (χ1v) is 4.63. The first-order chi connectivity index (χ1) is 4.90. The van der Waals surface area contributed by atoms with Crippen LogP contribution in [0.1, 0.15) is 32.6 Å². The van der Waals surface area contributed by atoms with Crippen molar-refractivity contribution in [2.45, 2.75) is 38.6 Å². The van der Waals surface area contributed by atoms with Crippen LogP contribution in [-0.4, -0.2) is 12.6 Å². The van der Waals surface area contributed by atoms with Crippen LogP contribution in [-0.2, 0) is 0 Å². The Morgan fingerprint density at radius 2 is 2.10 bits per heavy atom. The maximum absolute atomic E-state index is 3.54. The molecule has 0 heterocycles. The first-order valence-electron chi connectivity index (χ1n) is 4.63. The van der Waals surface area contributed by atoms with E-state index in [4.69, 9.17) is 0 Å². The van der Waals surface area contributed by atoms with Crippen LogP contribution in [0.4, 0.5) is 0 Å². The van der Waals surface area contributed by atoms with Gasteiger partial charge in [-0.05, 0) is 44.1 Å². The molecule has 0 spiro atoms. The van der Waals surface area contributed by atoms with Crippen molar-refractivity contribution in [3.63, 3.8) is 0 Å². The Hall–Kier alpha value is -0.0400. The second-order valence-electron chi connectivity index (χ2n) is 3.82. The summed E-state index contributed by atoms with van der Waals surface area (Å²) in [6.07, 6.45) is 5.96. The summed E-state index contributed by atoms with van der Waals surface area (Å²) in [5.74, 6) is 2.27. The van der Waals surface area contributed by atoms with Gasteiger partial charge in [0.25, 0.3) is 0 Å². The maximum atomic E-state index is 3.54. The van der Waals surface area contributed by atoms with Crippen LogP contribution in [0.2, 0.25) is 0 Å². The highest BCUT2D eigenvalue weighted by atomic mass is 14.9. The van der Waals surface area contributed by atoms with Crippen LogP contribution in [0, 0.1) is 11.8 Å². The zero-order valence-corrected chi connectivity index (χ0v) is 6.77. The molecule has 0 aromatic heterocycles. The highest BCUT2D eigenvalue weighted by Crippen LogP contribution is 2.49. The summed E-state index contributed by atoms with van der Waals surface area (Å²) in [7, 11) is 0. The Bertz CT molecular complexity index is 122. The zero-order chi connectivity index (χ0) is 6.97. The van der Waals surface area contributed by atoms with E-state index in [1.165, 1.54) is 19.3 Å². The fraction of sp³-hybridized carbons (Fsp3) is 1.00. The van der Waals surface area contributed by atoms with Crippen molar-refractivity contribution in [3.8, 4) is 0 Å². The highest BCUT2D eigenvalue weighted by Gasteiger charge is 2.41. The third-order valence-corrected chi connectivity index (χ3v) is 3.04. The maximum Gasteiger partial charge on any atom is 0.00697 e. The van der Waals surface area contributed by atoms with Gasteiger partial charge in [0, 0.05) is 6.04 Å². The molecule has 3 unspecified atom stereocenters. The van der Waals surface area contributed by atoms with Crippen LogP contribution in [0.3, 0.4) is 0 Å². The number of fused-ring (bicyclic) bond motifs is 1. The molecule has 2 rings (SSSR count). The van der Waals surface area contributed by atoms with Crippen LogP contribution >= 0.6 is 0 Å². The molecular weight excluding hydrogens is 122 g/mol. The molecule has 1 N–H and O–H groups in total. The van der Waals surface area contributed by atoms with Gasteiger partial charge in [0.1, 0.15) is 0 Å². The van der Waals surface area contributed by atoms with Crippen molar-refractivity contribution < 1.29 is 0 Å². The van der Waals surface area contributed by atoms with Gasteiger partial charge in [-0.2, -0.15) is 0 Å². The van der Waals surface area contributed by atoms with Gasteiger partial charge in [-0.3, -0.25) is 0 Å². The summed E-state index contributed by atoms with van der Waals surface area (Å²) in [5.41, 5.74) is 0. The van der Waals surface area contributed by atoms with Crippen LogP contribution in [0.5, 0.6) is 0 Å². The van der Waals surface area contributed by atoms with E-state index >= 15 is 0 Å². The first kappa shape index (κ1) is 6.66. The molecule has 0 saturated heterocycles. The summed E-state index contributed by atoms with van der Waals surface area (Å²) < 4.78 is 0. The molecule has 10 heavy (non-hydrogen) atoms. The van der Waals surface area contributed by atoms with E-state index < -0.39 is 0 Å². The number of hydrogen-bond donors (Lipinski definition) is 1.